The maximum atomic E-state index is 11.3. The first-order chi connectivity index (χ1) is 8.58. The van der Waals surface area contributed by atoms with Gasteiger partial charge in [-0.2, -0.15) is 0 Å². The van der Waals surface area contributed by atoms with Crippen molar-refractivity contribution in [2.75, 3.05) is 19.6 Å². The molecule has 0 bridgehead atoms. The van der Waals surface area contributed by atoms with E-state index in [1.165, 1.54) is 19.3 Å². The third-order valence-electron chi connectivity index (χ3n) is 5.78. The van der Waals surface area contributed by atoms with Gasteiger partial charge in [0.2, 0.25) is 0 Å². The van der Waals surface area contributed by atoms with Gasteiger partial charge in [0.25, 0.3) is 0 Å². The lowest BCUT2D eigenvalue weighted by Gasteiger charge is -2.55. The molecule has 4 atom stereocenters. The fourth-order valence-corrected chi connectivity index (χ4v) is 4.39. The van der Waals surface area contributed by atoms with Crippen molar-refractivity contribution in [1.82, 2.24) is 5.32 Å². The molecule has 0 aromatic carbocycles. The van der Waals surface area contributed by atoms with Gasteiger partial charge in [-0.1, -0.05) is 33.1 Å². The summed E-state index contributed by atoms with van der Waals surface area (Å²) in [5, 5.41) is 14.7. The topological polar surface area (TPSA) is 58.3 Å². The smallest absolute Gasteiger partial charge is 0.0765 e. The summed E-state index contributed by atoms with van der Waals surface area (Å²) in [6, 6.07) is 0. The van der Waals surface area contributed by atoms with Crippen molar-refractivity contribution in [3.63, 3.8) is 0 Å². The minimum Gasteiger partial charge on any atom is -0.389 e. The van der Waals surface area contributed by atoms with Crippen molar-refractivity contribution in [3.05, 3.63) is 0 Å². The second-order valence-corrected chi connectivity index (χ2v) is 6.63. The van der Waals surface area contributed by atoms with Gasteiger partial charge in [0.1, 0.15) is 0 Å². The highest BCUT2D eigenvalue weighted by molar-refractivity contribution is 5.06. The molecule has 4 unspecified atom stereocenters. The zero-order valence-electron chi connectivity index (χ0n) is 12.0. The monoisotopic (exact) mass is 254 g/mol. The Hall–Kier alpha value is -0.120. The maximum Gasteiger partial charge on any atom is 0.0765 e. The highest BCUT2D eigenvalue weighted by atomic mass is 16.3. The van der Waals surface area contributed by atoms with Crippen molar-refractivity contribution < 1.29 is 5.11 Å². The molecule has 1 aliphatic carbocycles. The Labute approximate surface area is 112 Å². The molecule has 2 fully saturated rings. The summed E-state index contributed by atoms with van der Waals surface area (Å²) in [7, 11) is 0. The molecule has 0 spiro atoms. The van der Waals surface area contributed by atoms with Gasteiger partial charge in [-0.3, -0.25) is 0 Å². The van der Waals surface area contributed by atoms with Gasteiger partial charge in [0, 0.05) is 18.5 Å². The normalized spacial score (nSPS) is 46.0. The number of aliphatic hydroxyl groups is 1. The van der Waals surface area contributed by atoms with Crippen LogP contribution >= 0.6 is 0 Å². The van der Waals surface area contributed by atoms with Crippen LogP contribution in [0.5, 0.6) is 0 Å². The van der Waals surface area contributed by atoms with Gasteiger partial charge < -0.3 is 16.2 Å². The Morgan fingerprint density at radius 1 is 1.39 bits per heavy atom. The first-order valence-electron chi connectivity index (χ1n) is 7.71. The van der Waals surface area contributed by atoms with Gasteiger partial charge >= 0.3 is 0 Å². The molecule has 3 nitrogen and oxygen atoms in total. The molecule has 2 rings (SSSR count). The standard InChI is InChI=1S/C15H30N2O/c1-3-13-5-4-6-14(9-13,11-16)15(18)7-8-17-10-12(15)2/h12-13,17-18H,3-11,16H2,1-2H3. The van der Waals surface area contributed by atoms with E-state index < -0.39 is 5.60 Å². The van der Waals surface area contributed by atoms with Crippen LogP contribution in [0, 0.1) is 17.3 Å². The van der Waals surface area contributed by atoms with Crippen molar-refractivity contribution in [2.45, 2.75) is 58.0 Å². The fraction of sp³-hybridized carbons (Fsp3) is 1.00. The molecular weight excluding hydrogens is 224 g/mol. The summed E-state index contributed by atoms with van der Waals surface area (Å²) in [4.78, 5) is 0. The minimum atomic E-state index is -0.555. The zero-order chi connectivity index (χ0) is 13.2. The lowest BCUT2D eigenvalue weighted by atomic mass is 9.55. The number of nitrogens with one attached hydrogen (secondary N) is 1. The van der Waals surface area contributed by atoms with Gasteiger partial charge in [0.05, 0.1) is 5.60 Å². The van der Waals surface area contributed by atoms with E-state index in [9.17, 15) is 5.11 Å². The molecule has 0 radical (unpaired) electrons. The summed E-state index contributed by atoms with van der Waals surface area (Å²) in [6.07, 6.45) is 6.88. The van der Waals surface area contributed by atoms with Crippen LogP contribution in [-0.4, -0.2) is 30.3 Å². The average Bonchev–Trinajstić information content (AvgIpc) is 2.42. The zero-order valence-corrected chi connectivity index (χ0v) is 12.0. The van der Waals surface area contributed by atoms with Crippen LogP contribution in [0.3, 0.4) is 0 Å². The summed E-state index contributed by atoms with van der Waals surface area (Å²) in [5.74, 6) is 1.07. The van der Waals surface area contributed by atoms with Crippen LogP contribution in [-0.2, 0) is 0 Å². The van der Waals surface area contributed by atoms with E-state index in [0.717, 1.165) is 38.3 Å². The van der Waals surface area contributed by atoms with E-state index in [0.29, 0.717) is 12.5 Å². The SMILES string of the molecule is CCC1CCCC(CN)(C2(O)CCNCC2C)C1. The highest BCUT2D eigenvalue weighted by Crippen LogP contribution is 2.51. The molecular formula is C15H30N2O. The molecule has 0 aromatic heterocycles. The van der Waals surface area contributed by atoms with Crippen LogP contribution in [0.2, 0.25) is 0 Å². The molecule has 18 heavy (non-hydrogen) atoms. The molecule has 0 amide bonds. The van der Waals surface area contributed by atoms with E-state index in [1.54, 1.807) is 0 Å². The molecule has 0 aromatic rings. The quantitative estimate of drug-likeness (QED) is 0.721. The van der Waals surface area contributed by atoms with E-state index in [4.69, 9.17) is 5.73 Å². The van der Waals surface area contributed by atoms with Crippen molar-refractivity contribution in [3.8, 4) is 0 Å². The lowest BCUT2D eigenvalue weighted by Crippen LogP contribution is -2.63. The number of piperidine rings is 1. The minimum absolute atomic E-state index is 0.0343. The maximum absolute atomic E-state index is 11.3. The predicted molar refractivity (Wildman–Crippen MR) is 75.3 cm³/mol. The number of hydrogen-bond donors (Lipinski definition) is 3. The molecule has 1 aliphatic heterocycles. The van der Waals surface area contributed by atoms with Crippen LogP contribution < -0.4 is 11.1 Å². The summed E-state index contributed by atoms with van der Waals surface area (Å²) < 4.78 is 0. The Morgan fingerprint density at radius 3 is 2.78 bits per heavy atom. The Bertz CT molecular complexity index is 284. The summed E-state index contributed by atoms with van der Waals surface area (Å²) in [5.41, 5.74) is 5.56. The summed E-state index contributed by atoms with van der Waals surface area (Å²) >= 11 is 0. The van der Waals surface area contributed by atoms with Gasteiger partial charge in [-0.05, 0) is 37.6 Å². The molecule has 106 valence electrons. The first kappa shape index (κ1) is 14.3. The third kappa shape index (κ3) is 2.21. The van der Waals surface area contributed by atoms with E-state index in [2.05, 4.69) is 19.2 Å². The summed E-state index contributed by atoms with van der Waals surface area (Å²) in [6.45, 7) is 6.95. The van der Waals surface area contributed by atoms with Crippen LogP contribution in [0.1, 0.15) is 52.4 Å². The first-order valence-corrected chi connectivity index (χ1v) is 7.71. The van der Waals surface area contributed by atoms with Gasteiger partial charge in [-0.25, -0.2) is 0 Å². The molecule has 1 saturated carbocycles. The van der Waals surface area contributed by atoms with Crippen molar-refractivity contribution >= 4 is 0 Å². The van der Waals surface area contributed by atoms with Crippen LogP contribution in [0.4, 0.5) is 0 Å². The average molecular weight is 254 g/mol. The van der Waals surface area contributed by atoms with Crippen molar-refractivity contribution in [1.29, 1.82) is 0 Å². The van der Waals surface area contributed by atoms with E-state index >= 15 is 0 Å². The van der Waals surface area contributed by atoms with E-state index in [-0.39, 0.29) is 5.41 Å². The third-order valence-corrected chi connectivity index (χ3v) is 5.78. The molecule has 1 saturated heterocycles. The number of rotatable bonds is 3. The van der Waals surface area contributed by atoms with Gasteiger partial charge in [0.15, 0.2) is 0 Å². The Kier molecular flexibility index (Phi) is 4.35. The number of hydrogen-bond acceptors (Lipinski definition) is 3. The van der Waals surface area contributed by atoms with Gasteiger partial charge in [-0.15, -0.1) is 0 Å². The Balaban J connectivity index is 2.24. The molecule has 2 aliphatic rings. The largest absolute Gasteiger partial charge is 0.389 e. The highest BCUT2D eigenvalue weighted by Gasteiger charge is 2.54. The predicted octanol–water partition coefficient (Wildman–Crippen LogP) is 1.89. The Morgan fingerprint density at radius 2 is 2.17 bits per heavy atom. The van der Waals surface area contributed by atoms with Crippen molar-refractivity contribution in [2.24, 2.45) is 23.0 Å². The second-order valence-electron chi connectivity index (χ2n) is 6.63. The fourth-order valence-electron chi connectivity index (χ4n) is 4.39. The van der Waals surface area contributed by atoms with Crippen LogP contribution in [0.15, 0.2) is 0 Å². The molecule has 3 heteroatoms. The van der Waals surface area contributed by atoms with E-state index in [1.807, 2.05) is 0 Å². The second kappa shape index (κ2) is 5.48. The molecule has 4 N–H and O–H groups in total. The number of nitrogens with two attached hydrogens (primary N) is 1. The van der Waals surface area contributed by atoms with Crippen LogP contribution in [0.25, 0.3) is 0 Å². The lowest BCUT2D eigenvalue weighted by molar-refractivity contribution is -0.155. The molecule has 1 heterocycles.